The fourth-order valence-electron chi connectivity index (χ4n) is 1.38. The van der Waals surface area contributed by atoms with Gasteiger partial charge in [0.05, 0.1) is 19.6 Å². The molecule has 0 fully saturated rings. The second-order valence-electron chi connectivity index (χ2n) is 3.67. The Morgan fingerprint density at radius 1 is 1.41 bits per heavy atom. The summed E-state index contributed by atoms with van der Waals surface area (Å²) in [6, 6.07) is 7.79. The van der Waals surface area contributed by atoms with Crippen molar-refractivity contribution < 1.29 is 14.6 Å². The van der Waals surface area contributed by atoms with Crippen molar-refractivity contribution in [2.24, 2.45) is 0 Å². The Kier molecular flexibility index (Phi) is 6.08. The highest BCUT2D eigenvalue weighted by atomic mass is 32.2. The van der Waals surface area contributed by atoms with E-state index >= 15 is 0 Å². The molecule has 0 radical (unpaired) electrons. The van der Waals surface area contributed by atoms with Crippen LogP contribution >= 0.6 is 11.8 Å². The van der Waals surface area contributed by atoms with Gasteiger partial charge in [-0.15, -0.1) is 11.8 Å². The predicted octanol–water partition coefficient (Wildman–Crippen LogP) is 2.79. The maximum absolute atomic E-state index is 10.9. The first kappa shape index (κ1) is 14.1. The van der Waals surface area contributed by atoms with Crippen LogP contribution < -0.4 is 0 Å². The third kappa shape index (κ3) is 4.79. The van der Waals surface area contributed by atoms with Crippen molar-refractivity contribution in [3.63, 3.8) is 0 Å². The molecule has 4 heteroatoms. The highest BCUT2D eigenvalue weighted by Gasteiger charge is 2.05. The lowest BCUT2D eigenvalue weighted by Crippen LogP contribution is -2.00. The molecule has 94 valence electrons. The number of carbonyl (C=O) groups is 1. The Labute approximate surface area is 106 Å². The molecule has 0 aliphatic rings. The molecule has 0 aliphatic carbocycles. The number of aliphatic hydroxyl groups excluding tert-OH is 1. The topological polar surface area (TPSA) is 46.5 Å². The van der Waals surface area contributed by atoms with Crippen LogP contribution in [0, 0.1) is 0 Å². The third-order valence-electron chi connectivity index (χ3n) is 2.45. The smallest absolute Gasteiger partial charge is 0.306 e. The number of carbonyl (C=O) groups excluding carboxylic acids is 1. The lowest BCUT2D eigenvalue weighted by Gasteiger charge is -2.08. The maximum atomic E-state index is 10.9. The number of aliphatic hydroxyl groups is 1. The molecule has 0 amide bonds. The summed E-state index contributed by atoms with van der Waals surface area (Å²) < 4.78 is 4.57. The van der Waals surface area contributed by atoms with Gasteiger partial charge in [-0.1, -0.05) is 19.1 Å². The Morgan fingerprint density at radius 3 is 2.59 bits per heavy atom. The van der Waals surface area contributed by atoms with E-state index in [1.165, 1.54) is 7.11 Å². The Morgan fingerprint density at radius 2 is 2.06 bits per heavy atom. The van der Waals surface area contributed by atoms with E-state index in [0.717, 1.165) is 16.9 Å². The second kappa shape index (κ2) is 7.35. The van der Waals surface area contributed by atoms with Crippen LogP contribution in [0.5, 0.6) is 0 Å². The van der Waals surface area contributed by atoms with Gasteiger partial charge in [0.15, 0.2) is 0 Å². The Bertz CT molecular complexity index is 348. The molecule has 1 N–H and O–H groups in total. The average molecular weight is 254 g/mol. The number of hydrogen-bond acceptors (Lipinski definition) is 4. The van der Waals surface area contributed by atoms with Crippen LogP contribution in [-0.2, 0) is 9.53 Å². The minimum atomic E-state index is -0.385. The molecule has 17 heavy (non-hydrogen) atoms. The van der Waals surface area contributed by atoms with E-state index in [-0.39, 0.29) is 12.1 Å². The molecular weight excluding hydrogens is 236 g/mol. The molecule has 1 unspecified atom stereocenters. The summed E-state index contributed by atoms with van der Waals surface area (Å²) in [6.07, 6.45) is 0.749. The van der Waals surface area contributed by atoms with Gasteiger partial charge in [0.1, 0.15) is 0 Å². The normalized spacial score (nSPS) is 12.2. The van der Waals surface area contributed by atoms with Gasteiger partial charge in [0.25, 0.3) is 0 Å². The predicted molar refractivity (Wildman–Crippen MR) is 69.0 cm³/mol. The fraction of sp³-hybridized carbons (Fsp3) is 0.462. The van der Waals surface area contributed by atoms with Crippen LogP contribution in [0.25, 0.3) is 0 Å². The summed E-state index contributed by atoms with van der Waals surface area (Å²) in [5.41, 5.74) is 0.935. The van der Waals surface area contributed by atoms with Crippen LogP contribution in [0.15, 0.2) is 29.2 Å². The second-order valence-corrected chi connectivity index (χ2v) is 4.84. The number of esters is 1. The van der Waals surface area contributed by atoms with Crippen molar-refractivity contribution in [3.05, 3.63) is 29.8 Å². The third-order valence-corrected chi connectivity index (χ3v) is 3.47. The highest BCUT2D eigenvalue weighted by Crippen LogP contribution is 2.22. The molecule has 0 aromatic heterocycles. The average Bonchev–Trinajstić information content (AvgIpc) is 2.38. The van der Waals surface area contributed by atoms with E-state index in [2.05, 4.69) is 4.74 Å². The molecule has 0 saturated heterocycles. The van der Waals surface area contributed by atoms with Crippen molar-refractivity contribution >= 4 is 17.7 Å². The van der Waals surface area contributed by atoms with Gasteiger partial charge < -0.3 is 9.84 Å². The number of thioether (sulfide) groups is 1. The number of hydrogen-bond donors (Lipinski definition) is 1. The SMILES string of the molecule is CCC(O)c1ccc(SCCC(=O)OC)cc1. The first-order valence-corrected chi connectivity index (χ1v) is 6.63. The molecule has 0 heterocycles. The number of benzene rings is 1. The molecule has 0 bridgehead atoms. The number of rotatable bonds is 6. The van der Waals surface area contributed by atoms with Crippen molar-refractivity contribution in [2.75, 3.05) is 12.9 Å². The van der Waals surface area contributed by atoms with Crippen molar-refractivity contribution in [2.45, 2.75) is 30.8 Å². The molecule has 3 nitrogen and oxygen atoms in total. The van der Waals surface area contributed by atoms with Crippen LogP contribution in [0.3, 0.4) is 0 Å². The van der Waals surface area contributed by atoms with Gasteiger partial charge >= 0.3 is 5.97 Å². The Balaban J connectivity index is 2.43. The molecule has 1 aromatic carbocycles. The van der Waals surface area contributed by atoms with Gasteiger partial charge in [-0.05, 0) is 24.1 Å². The summed E-state index contributed by atoms with van der Waals surface area (Å²) in [4.78, 5) is 12.0. The van der Waals surface area contributed by atoms with Crippen LogP contribution in [-0.4, -0.2) is 23.9 Å². The van der Waals surface area contributed by atoms with E-state index in [4.69, 9.17) is 0 Å². The van der Waals surface area contributed by atoms with Crippen LogP contribution in [0.1, 0.15) is 31.4 Å². The van der Waals surface area contributed by atoms with Gasteiger partial charge in [0, 0.05) is 10.6 Å². The van der Waals surface area contributed by atoms with Gasteiger partial charge in [0.2, 0.25) is 0 Å². The van der Waals surface area contributed by atoms with Crippen molar-refractivity contribution in [1.82, 2.24) is 0 Å². The zero-order chi connectivity index (χ0) is 12.7. The van der Waals surface area contributed by atoms with E-state index < -0.39 is 0 Å². The minimum Gasteiger partial charge on any atom is -0.469 e. The van der Waals surface area contributed by atoms with Crippen LogP contribution in [0.2, 0.25) is 0 Å². The largest absolute Gasteiger partial charge is 0.469 e. The first-order valence-electron chi connectivity index (χ1n) is 5.65. The minimum absolute atomic E-state index is 0.185. The lowest BCUT2D eigenvalue weighted by atomic mass is 10.1. The summed E-state index contributed by atoms with van der Waals surface area (Å²) >= 11 is 1.61. The summed E-state index contributed by atoms with van der Waals surface area (Å²) in [7, 11) is 1.40. The molecule has 0 saturated carbocycles. The van der Waals surface area contributed by atoms with E-state index in [1.807, 2.05) is 31.2 Å². The first-order chi connectivity index (χ1) is 8.17. The fourth-order valence-corrected chi connectivity index (χ4v) is 2.21. The number of methoxy groups -OCH3 is 1. The molecule has 1 aromatic rings. The zero-order valence-electron chi connectivity index (χ0n) is 10.2. The van der Waals surface area contributed by atoms with Gasteiger partial charge in [-0.25, -0.2) is 0 Å². The standard InChI is InChI=1S/C13H18O3S/c1-3-12(14)10-4-6-11(7-5-10)17-9-8-13(15)16-2/h4-7,12,14H,3,8-9H2,1-2H3. The quantitative estimate of drug-likeness (QED) is 0.626. The van der Waals surface area contributed by atoms with Crippen molar-refractivity contribution in [3.8, 4) is 0 Å². The van der Waals surface area contributed by atoms with E-state index in [9.17, 15) is 9.90 Å². The maximum Gasteiger partial charge on any atom is 0.306 e. The van der Waals surface area contributed by atoms with Gasteiger partial charge in [-0.2, -0.15) is 0 Å². The summed E-state index contributed by atoms with van der Waals surface area (Å²) in [6.45, 7) is 1.95. The zero-order valence-corrected chi connectivity index (χ0v) is 11.0. The molecule has 1 atom stereocenters. The highest BCUT2D eigenvalue weighted by molar-refractivity contribution is 7.99. The molecular formula is C13H18O3S. The van der Waals surface area contributed by atoms with E-state index in [1.54, 1.807) is 11.8 Å². The lowest BCUT2D eigenvalue weighted by molar-refractivity contribution is -0.140. The Hall–Kier alpha value is -1.00. The monoisotopic (exact) mass is 254 g/mol. The molecule has 0 spiro atoms. The molecule has 0 aliphatic heterocycles. The van der Waals surface area contributed by atoms with Gasteiger partial charge in [-0.3, -0.25) is 4.79 Å². The summed E-state index contributed by atoms with van der Waals surface area (Å²) in [5.74, 6) is 0.526. The van der Waals surface area contributed by atoms with Crippen molar-refractivity contribution in [1.29, 1.82) is 0 Å². The van der Waals surface area contributed by atoms with E-state index in [0.29, 0.717) is 12.2 Å². The number of ether oxygens (including phenoxy) is 1. The summed E-state index contributed by atoms with van der Waals surface area (Å²) in [5, 5.41) is 9.63. The van der Waals surface area contributed by atoms with Crippen LogP contribution in [0.4, 0.5) is 0 Å². The molecule has 1 rings (SSSR count).